The highest BCUT2D eigenvalue weighted by atomic mass is 19.1. The highest BCUT2D eigenvalue weighted by Gasteiger charge is 2.51. The summed E-state index contributed by atoms with van der Waals surface area (Å²) >= 11 is 0. The quantitative estimate of drug-likeness (QED) is 0.357. The molecule has 10 nitrogen and oxygen atoms in total. The average Bonchev–Trinajstić information content (AvgIpc) is 2.89. The molecule has 1 unspecified atom stereocenters. The van der Waals surface area contributed by atoms with E-state index in [4.69, 9.17) is 26.4 Å². The van der Waals surface area contributed by atoms with Crippen LogP contribution in [0.4, 0.5) is 21.7 Å². The third-order valence-electron chi connectivity index (χ3n) is 3.80. The maximum absolute atomic E-state index is 13.5. The second-order valence-corrected chi connectivity index (χ2v) is 5.75. The lowest BCUT2D eigenvalue weighted by atomic mass is 9.98. The minimum Gasteiger partial charge on any atom is -0.462 e. The molecule has 11 heteroatoms. The molecule has 2 rings (SSSR count). The smallest absolute Gasteiger partial charge is 0.312 e. The Morgan fingerprint density at radius 1 is 1.44 bits per heavy atom. The molecule has 2 heterocycles. The molecule has 1 aliphatic rings. The molecule has 1 fully saturated rings. The molecule has 1 aromatic heterocycles. The van der Waals surface area contributed by atoms with Crippen LogP contribution in [0.2, 0.25) is 0 Å². The number of nitrogens with zero attached hydrogens (tertiary/aromatic N) is 2. The Labute approximate surface area is 155 Å². The first kappa shape index (κ1) is 20.2. The van der Waals surface area contributed by atoms with E-state index in [0.717, 1.165) is 0 Å². The number of hydrogen-bond donors (Lipinski definition) is 3. The number of halogens is 1. The molecule has 4 N–H and O–H groups in total. The second-order valence-electron chi connectivity index (χ2n) is 5.75. The number of terminal acetylenes is 1. The Bertz CT molecular complexity index is 783. The lowest BCUT2D eigenvalue weighted by molar-refractivity contribution is -0.161. The van der Waals surface area contributed by atoms with Gasteiger partial charge in [0.15, 0.2) is 11.6 Å². The summed E-state index contributed by atoms with van der Waals surface area (Å²) in [7, 11) is 1.56. The molecular weight excluding hydrogens is 361 g/mol. The van der Waals surface area contributed by atoms with E-state index in [1.54, 1.807) is 7.05 Å². The molecule has 0 amide bonds. The minimum atomic E-state index is -1.51. The number of anilines is 3. The van der Waals surface area contributed by atoms with Crippen molar-refractivity contribution in [1.82, 2.24) is 9.97 Å². The zero-order chi connectivity index (χ0) is 20.2. The van der Waals surface area contributed by atoms with Crippen molar-refractivity contribution in [1.29, 1.82) is 0 Å². The van der Waals surface area contributed by atoms with Gasteiger partial charge in [-0.05, 0) is 0 Å². The van der Waals surface area contributed by atoms with Crippen LogP contribution in [0.3, 0.4) is 0 Å². The van der Waals surface area contributed by atoms with Crippen LogP contribution in [-0.2, 0) is 23.8 Å². The fourth-order valence-electron chi connectivity index (χ4n) is 2.65. The maximum Gasteiger partial charge on any atom is 0.312 e. The number of ether oxygens (including phenoxy) is 3. The number of nitrogens with two attached hydrogens (primary N) is 1. The van der Waals surface area contributed by atoms with Crippen LogP contribution in [-0.4, -0.2) is 53.5 Å². The van der Waals surface area contributed by atoms with Crippen molar-refractivity contribution in [3.8, 4) is 12.3 Å². The first-order chi connectivity index (χ1) is 12.7. The number of rotatable bonds is 6. The molecule has 146 valence electrons. The van der Waals surface area contributed by atoms with Crippen molar-refractivity contribution in [2.75, 3.05) is 30.0 Å². The van der Waals surface area contributed by atoms with Crippen LogP contribution in [0, 0.1) is 18.4 Å². The number of nitrogens with one attached hydrogen (secondary N) is 2. The Hall–Kier alpha value is -3.13. The summed E-state index contributed by atoms with van der Waals surface area (Å²) in [5, 5.41) is 5.59. The first-order valence-electron chi connectivity index (χ1n) is 7.94. The van der Waals surface area contributed by atoms with Crippen LogP contribution < -0.4 is 16.4 Å². The van der Waals surface area contributed by atoms with E-state index >= 15 is 0 Å². The molecule has 0 spiro atoms. The fraction of sp³-hybridized carbons (Fsp3) is 0.500. The Morgan fingerprint density at radius 3 is 2.70 bits per heavy atom. The zero-order valence-electron chi connectivity index (χ0n) is 15.0. The average molecular weight is 381 g/mol. The summed E-state index contributed by atoms with van der Waals surface area (Å²) < 4.78 is 29.5. The van der Waals surface area contributed by atoms with Gasteiger partial charge in [-0.25, -0.2) is 0 Å². The molecule has 1 aliphatic heterocycles. The van der Waals surface area contributed by atoms with E-state index in [1.807, 2.05) is 0 Å². The van der Waals surface area contributed by atoms with Crippen LogP contribution >= 0.6 is 0 Å². The Kier molecular flexibility index (Phi) is 6.02. The molecule has 0 bridgehead atoms. The lowest BCUT2D eigenvalue weighted by Crippen LogP contribution is -2.45. The van der Waals surface area contributed by atoms with Gasteiger partial charge in [-0.3, -0.25) is 9.59 Å². The van der Waals surface area contributed by atoms with E-state index in [2.05, 4.69) is 26.5 Å². The highest BCUT2D eigenvalue weighted by molar-refractivity contribution is 5.75. The van der Waals surface area contributed by atoms with Gasteiger partial charge in [-0.15, -0.1) is 6.42 Å². The molecule has 27 heavy (non-hydrogen) atoms. The number of esters is 2. The second kappa shape index (κ2) is 8.05. The van der Waals surface area contributed by atoms with E-state index in [-0.39, 0.29) is 30.4 Å². The molecule has 1 saturated heterocycles. The number of carbonyl (C=O) groups excluding carboxylic acids is 2. The van der Waals surface area contributed by atoms with Crippen molar-refractivity contribution < 1.29 is 28.2 Å². The largest absolute Gasteiger partial charge is 0.462 e. The molecule has 0 radical (unpaired) electrons. The highest BCUT2D eigenvalue weighted by Crippen LogP contribution is 2.35. The summed E-state index contributed by atoms with van der Waals surface area (Å²) in [5.74, 6) is 1.16. The predicted octanol–water partition coefficient (Wildman–Crippen LogP) is 0.265. The lowest BCUT2D eigenvalue weighted by Gasteiger charge is -2.28. The number of carbonyl (C=O) groups is 2. The molecule has 0 aromatic carbocycles. The molecule has 1 aromatic rings. The Balaban J connectivity index is 2.28. The summed E-state index contributed by atoms with van der Waals surface area (Å²) in [6.45, 7) is 2.10. The van der Waals surface area contributed by atoms with Crippen LogP contribution in [0.15, 0.2) is 0 Å². The molecular formula is C16H20FN5O5. The van der Waals surface area contributed by atoms with Gasteiger partial charge in [0.1, 0.15) is 24.6 Å². The summed E-state index contributed by atoms with van der Waals surface area (Å²) in [4.78, 5) is 29.7. The Morgan fingerprint density at radius 2 is 2.15 bits per heavy atom. The van der Waals surface area contributed by atoms with Crippen LogP contribution in [0.1, 0.15) is 20.3 Å². The van der Waals surface area contributed by atoms with Crippen molar-refractivity contribution in [2.24, 2.45) is 0 Å². The zero-order valence-corrected chi connectivity index (χ0v) is 15.0. The van der Waals surface area contributed by atoms with E-state index < -0.39 is 35.9 Å². The van der Waals surface area contributed by atoms with E-state index in [9.17, 15) is 14.0 Å². The summed E-state index contributed by atoms with van der Waals surface area (Å²) in [6.07, 6.45) is 2.90. The molecule has 0 saturated carbocycles. The van der Waals surface area contributed by atoms with Gasteiger partial charge in [0.05, 0.1) is 0 Å². The van der Waals surface area contributed by atoms with Gasteiger partial charge in [0.25, 0.3) is 0 Å². The van der Waals surface area contributed by atoms with Gasteiger partial charge in [-0.1, -0.05) is 5.92 Å². The van der Waals surface area contributed by atoms with Gasteiger partial charge >= 0.3 is 18.0 Å². The SMILES string of the molecule is C#C[C@]1(COC(C)=O)O[C@@H](Nc2nc(F)nc(N)c2NC)CC1OC(C)=O. The van der Waals surface area contributed by atoms with Gasteiger partial charge < -0.3 is 30.6 Å². The number of aromatic nitrogens is 2. The van der Waals surface area contributed by atoms with Crippen molar-refractivity contribution in [3.05, 3.63) is 6.08 Å². The van der Waals surface area contributed by atoms with E-state index in [0.29, 0.717) is 0 Å². The topological polar surface area (TPSA) is 138 Å². The normalized spacial score (nSPS) is 24.0. The van der Waals surface area contributed by atoms with Crippen LogP contribution in [0.25, 0.3) is 0 Å². The third kappa shape index (κ3) is 4.53. The monoisotopic (exact) mass is 381 g/mol. The van der Waals surface area contributed by atoms with Crippen molar-refractivity contribution in [3.63, 3.8) is 0 Å². The summed E-state index contributed by atoms with van der Waals surface area (Å²) in [5.41, 5.74) is 4.41. The number of nitrogen functional groups attached to an aromatic ring is 1. The molecule has 0 aliphatic carbocycles. The number of hydrogen-bond acceptors (Lipinski definition) is 10. The third-order valence-corrected chi connectivity index (χ3v) is 3.80. The minimum absolute atomic E-state index is 0.0365. The molecule has 3 atom stereocenters. The van der Waals surface area contributed by atoms with Gasteiger partial charge in [-0.2, -0.15) is 14.4 Å². The van der Waals surface area contributed by atoms with Gasteiger partial charge in [0, 0.05) is 27.3 Å². The standard InChI is InChI=1S/C16H20FN5O5/c1-5-16(7-25-8(2)23)10(26-9(3)24)6-11(27-16)20-14-12(19-4)13(18)21-15(17)22-14/h1,10-11,19H,6-7H2,2-4H3,(H3,18,20,21,22)/t10?,11-,16-/m1/s1. The fourth-order valence-corrected chi connectivity index (χ4v) is 2.65. The van der Waals surface area contributed by atoms with E-state index in [1.165, 1.54) is 13.8 Å². The van der Waals surface area contributed by atoms with Gasteiger partial charge in [0.2, 0.25) is 5.60 Å². The first-order valence-corrected chi connectivity index (χ1v) is 7.94. The van der Waals surface area contributed by atoms with Crippen molar-refractivity contribution >= 4 is 29.3 Å². The van der Waals surface area contributed by atoms with Crippen LogP contribution in [0.5, 0.6) is 0 Å². The predicted molar refractivity (Wildman–Crippen MR) is 92.8 cm³/mol. The summed E-state index contributed by atoms with van der Waals surface area (Å²) in [6, 6.07) is 0. The van der Waals surface area contributed by atoms with Crippen molar-refractivity contribution in [2.45, 2.75) is 38.2 Å². The maximum atomic E-state index is 13.5.